The lowest BCUT2D eigenvalue weighted by Gasteiger charge is -2.22. The summed E-state index contributed by atoms with van der Waals surface area (Å²) in [5, 5.41) is 32.8. The molecule has 0 aliphatic heterocycles. The number of aromatic hydroxyl groups is 1. The number of rotatable bonds is 25. The first-order valence-electron chi connectivity index (χ1n) is 20.3. The molecule has 1 amide bonds. The molecule has 0 aliphatic rings. The molecule has 1 aromatic heterocycles. The highest BCUT2D eigenvalue weighted by Crippen LogP contribution is 2.41. The quantitative estimate of drug-likeness (QED) is 0.0382. The lowest BCUT2D eigenvalue weighted by Crippen LogP contribution is -2.24. The molecule has 0 spiro atoms. The number of azo groups is 1. The van der Waals surface area contributed by atoms with Gasteiger partial charge in [0.25, 0.3) is 5.56 Å². The number of benzene rings is 3. The molecule has 0 fully saturated rings. The Balaban J connectivity index is 1.41. The van der Waals surface area contributed by atoms with E-state index < -0.39 is 12.0 Å². The van der Waals surface area contributed by atoms with Gasteiger partial charge in [0.1, 0.15) is 24.0 Å². The fraction of sp³-hybridized carbons (Fsp3) is 0.489. The van der Waals surface area contributed by atoms with Crippen molar-refractivity contribution in [1.29, 1.82) is 5.26 Å². The number of aromatic nitrogens is 1. The Morgan fingerprint density at radius 3 is 2.11 bits per heavy atom. The molecule has 12 heteroatoms. The van der Waals surface area contributed by atoms with Crippen LogP contribution in [0.15, 0.2) is 69.6 Å². The fourth-order valence-corrected chi connectivity index (χ4v) is 6.60. The highest BCUT2D eigenvalue weighted by molar-refractivity contribution is 6.02. The smallest absolute Gasteiger partial charge is 0.315 e. The summed E-state index contributed by atoms with van der Waals surface area (Å²) >= 11 is 0. The number of carbonyl (C=O) groups excluding carboxylic acids is 1. The van der Waals surface area contributed by atoms with Crippen LogP contribution in [0.1, 0.15) is 120 Å². The van der Waals surface area contributed by atoms with Gasteiger partial charge < -0.3 is 29.4 Å². The van der Waals surface area contributed by atoms with Crippen molar-refractivity contribution in [3.63, 3.8) is 0 Å². The van der Waals surface area contributed by atoms with Crippen molar-refractivity contribution >= 4 is 33.7 Å². The molecule has 0 saturated carbocycles. The van der Waals surface area contributed by atoms with E-state index in [0.29, 0.717) is 35.9 Å². The van der Waals surface area contributed by atoms with Gasteiger partial charge in [0.05, 0.1) is 18.0 Å². The van der Waals surface area contributed by atoms with Gasteiger partial charge in [-0.15, -0.1) is 5.11 Å². The first kappa shape index (κ1) is 44.5. The Kier molecular flexibility index (Phi) is 18.5. The van der Waals surface area contributed by atoms with Crippen LogP contribution in [0.5, 0.6) is 17.4 Å². The third kappa shape index (κ3) is 13.2. The molecule has 306 valence electrons. The van der Waals surface area contributed by atoms with Gasteiger partial charge in [-0.1, -0.05) is 120 Å². The summed E-state index contributed by atoms with van der Waals surface area (Å²) in [6, 6.07) is 18.5. The molecule has 1 atom stereocenters. The monoisotopic (exact) mass is 781 g/mol. The lowest BCUT2D eigenvalue weighted by atomic mass is 10.0. The van der Waals surface area contributed by atoms with Crippen LogP contribution in [-0.4, -0.2) is 35.8 Å². The second-order valence-electron chi connectivity index (χ2n) is 14.2. The van der Waals surface area contributed by atoms with Gasteiger partial charge in [-0.25, -0.2) is 0 Å². The number of hydrogen-bond acceptors (Lipinski definition) is 10. The van der Waals surface area contributed by atoms with Gasteiger partial charge in [0, 0.05) is 43.0 Å². The number of methoxy groups -OCH3 is 1. The minimum atomic E-state index is -0.979. The summed E-state index contributed by atoms with van der Waals surface area (Å²) in [5.74, 6) is 0.495. The molecule has 0 aliphatic carbocycles. The number of fused-ring (bicyclic) bond motifs is 1. The van der Waals surface area contributed by atoms with Gasteiger partial charge in [-0.05, 0) is 38.0 Å². The summed E-state index contributed by atoms with van der Waals surface area (Å²) in [6.45, 7) is 5.25. The van der Waals surface area contributed by atoms with E-state index in [-0.39, 0.29) is 35.2 Å². The molecular weight excluding hydrogens is 723 g/mol. The molecule has 1 heterocycles. The molecule has 1 unspecified atom stereocenters. The van der Waals surface area contributed by atoms with Crippen LogP contribution in [0, 0.1) is 18.3 Å². The van der Waals surface area contributed by atoms with Crippen LogP contribution in [0.4, 0.5) is 17.1 Å². The number of nitrogens with one attached hydrogen (secondary N) is 1. The SMILES string of the molecule is CCCCCCCCCCCCCCCC(=O)Nc1cc(OCc2ccc(N=Nc3c(C)c(C#N)c(=O)n(C)c3O)cc2)c2ccccc2c1OC(OC)OCC. The largest absolute Gasteiger partial charge is 0.493 e. The lowest BCUT2D eigenvalue weighted by molar-refractivity contribution is -0.230. The number of pyridine rings is 1. The van der Waals surface area contributed by atoms with Crippen molar-refractivity contribution in [2.75, 3.05) is 19.0 Å². The fourth-order valence-electron chi connectivity index (χ4n) is 6.60. The number of nitrogens with zero attached hydrogens (tertiary/aromatic N) is 4. The van der Waals surface area contributed by atoms with Crippen LogP contribution in [0.25, 0.3) is 10.8 Å². The topological polar surface area (TPSA) is 157 Å². The van der Waals surface area contributed by atoms with E-state index in [2.05, 4.69) is 22.5 Å². The Labute approximate surface area is 336 Å². The summed E-state index contributed by atoms with van der Waals surface area (Å²) in [6.07, 6.45) is 16.5. The van der Waals surface area contributed by atoms with E-state index in [9.17, 15) is 20.0 Å². The Bertz CT molecular complexity index is 2020. The standard InChI is InChI=1S/C45H59N5O7/c1-6-8-9-10-11-12-13-14-15-16-17-18-19-24-40(51)47-38-29-39(35-22-20-21-23-36(35)42(38)57-45(54-5)55-7-2)56-31-33-25-27-34(28-26-33)48-49-41-32(3)37(30-46)43(52)50(4)44(41)53/h20-23,25-29,45,53H,6-19,24,31H2,1-5H3,(H,47,51). The maximum Gasteiger partial charge on any atom is 0.315 e. The summed E-state index contributed by atoms with van der Waals surface area (Å²) < 4.78 is 24.6. The van der Waals surface area contributed by atoms with E-state index >= 15 is 0 Å². The molecule has 4 aromatic rings. The summed E-state index contributed by atoms with van der Waals surface area (Å²) in [4.78, 5) is 25.6. The Morgan fingerprint density at radius 1 is 0.895 bits per heavy atom. The second kappa shape index (κ2) is 23.7. The molecule has 0 saturated heterocycles. The van der Waals surface area contributed by atoms with Crippen molar-refractivity contribution < 1.29 is 28.8 Å². The Hall–Kier alpha value is -5.25. The number of hydrogen-bond donors (Lipinski definition) is 2. The van der Waals surface area contributed by atoms with Crippen molar-refractivity contribution in [2.24, 2.45) is 17.3 Å². The average molecular weight is 782 g/mol. The minimum Gasteiger partial charge on any atom is -0.493 e. The normalized spacial score (nSPS) is 11.9. The highest BCUT2D eigenvalue weighted by Gasteiger charge is 2.21. The van der Waals surface area contributed by atoms with Gasteiger partial charge in [0.2, 0.25) is 11.8 Å². The van der Waals surface area contributed by atoms with Gasteiger partial charge in [-0.2, -0.15) is 10.4 Å². The average Bonchev–Trinajstić information content (AvgIpc) is 3.22. The summed E-state index contributed by atoms with van der Waals surface area (Å²) in [7, 11) is 2.87. The molecule has 2 N–H and O–H groups in total. The van der Waals surface area contributed by atoms with Crippen LogP contribution in [-0.2, 0) is 27.9 Å². The van der Waals surface area contributed by atoms with E-state index in [0.717, 1.165) is 40.2 Å². The van der Waals surface area contributed by atoms with Crippen LogP contribution >= 0.6 is 0 Å². The van der Waals surface area contributed by atoms with Gasteiger partial charge in [0.15, 0.2) is 11.4 Å². The van der Waals surface area contributed by atoms with E-state index in [1.165, 1.54) is 78.4 Å². The van der Waals surface area contributed by atoms with Crippen LogP contribution in [0.2, 0.25) is 0 Å². The first-order valence-corrected chi connectivity index (χ1v) is 20.3. The number of ether oxygens (including phenoxy) is 4. The number of amides is 1. The maximum atomic E-state index is 13.3. The van der Waals surface area contributed by atoms with Crippen molar-refractivity contribution in [2.45, 2.75) is 124 Å². The zero-order valence-corrected chi connectivity index (χ0v) is 34.3. The predicted molar refractivity (Wildman–Crippen MR) is 224 cm³/mol. The minimum absolute atomic E-state index is 0.0469. The van der Waals surface area contributed by atoms with Crippen molar-refractivity contribution in [3.05, 3.63) is 81.6 Å². The van der Waals surface area contributed by atoms with Crippen molar-refractivity contribution in [1.82, 2.24) is 4.57 Å². The zero-order chi connectivity index (χ0) is 41.0. The van der Waals surface area contributed by atoms with E-state index in [1.807, 2.05) is 49.4 Å². The van der Waals surface area contributed by atoms with E-state index in [1.54, 1.807) is 25.1 Å². The molecule has 0 bridgehead atoms. The van der Waals surface area contributed by atoms with Crippen LogP contribution < -0.4 is 20.3 Å². The number of nitriles is 1. The number of unbranched alkanes of at least 4 members (excludes halogenated alkanes) is 12. The maximum absolute atomic E-state index is 13.3. The predicted octanol–water partition coefficient (Wildman–Crippen LogP) is 11.2. The molecule has 12 nitrogen and oxygen atoms in total. The number of anilines is 1. The van der Waals surface area contributed by atoms with Gasteiger partial charge in [-0.3, -0.25) is 14.2 Å². The Morgan fingerprint density at radius 2 is 1.51 bits per heavy atom. The molecule has 0 radical (unpaired) electrons. The molecular formula is C45H59N5O7. The molecule has 57 heavy (non-hydrogen) atoms. The highest BCUT2D eigenvalue weighted by atomic mass is 16.8. The molecule has 4 rings (SSSR count). The molecule has 3 aromatic carbocycles. The zero-order valence-electron chi connectivity index (χ0n) is 34.3. The third-order valence-corrected chi connectivity index (χ3v) is 9.93. The van der Waals surface area contributed by atoms with E-state index in [4.69, 9.17) is 18.9 Å². The third-order valence-electron chi connectivity index (χ3n) is 9.93. The van der Waals surface area contributed by atoms with Crippen molar-refractivity contribution in [3.8, 4) is 23.4 Å². The van der Waals surface area contributed by atoms with Crippen LogP contribution in [0.3, 0.4) is 0 Å². The summed E-state index contributed by atoms with van der Waals surface area (Å²) in [5.41, 5.74) is 1.39. The first-order chi connectivity index (χ1) is 27.7. The number of carbonyl (C=O) groups is 1. The second-order valence-corrected chi connectivity index (χ2v) is 14.2. The van der Waals surface area contributed by atoms with Gasteiger partial charge >= 0.3 is 6.48 Å².